The number of aromatic nitrogens is 4. The number of nitrogens with zero attached hydrogens (tertiary/aromatic N) is 5. The standard InChI is InChI=1S/C51H57N9O9/c1-32(2)43(56-49(63)66-3)47(61)60-26-25-58(51(65)67-4)31-42(60)46-53-30-40(55-46)36-20-16-34(17-21-36)13-12-33-14-18-35(19-15-33)39-29-52-45(54-39)41-11-8-24-59(41)48(62)44(37-9-6-5-7-10-37)57-50(64)69-38-22-27-68-28-23-38/h5-7,9-10,14-21,29-30,32,38,41-44H,8,11,22-28,31H2,1-4H3,(H,52,54)(H,53,55)(H,56,63)(H,57,64). The molecule has 4 atom stereocenters. The van der Waals surface area contributed by atoms with Gasteiger partial charge in [-0.1, -0.05) is 80.3 Å². The first kappa shape index (κ1) is 47.8. The van der Waals surface area contributed by atoms with Gasteiger partial charge in [-0.25, -0.2) is 24.4 Å². The van der Waals surface area contributed by atoms with Gasteiger partial charge in [-0.15, -0.1) is 0 Å². The molecular weight excluding hydrogens is 883 g/mol. The van der Waals surface area contributed by atoms with Crippen LogP contribution in [-0.2, 0) is 28.5 Å². The van der Waals surface area contributed by atoms with Gasteiger partial charge in [0, 0.05) is 43.6 Å². The molecule has 8 rings (SSSR count). The molecule has 3 fully saturated rings. The van der Waals surface area contributed by atoms with Crippen molar-refractivity contribution in [2.75, 3.05) is 53.6 Å². The molecule has 5 amide bonds. The third kappa shape index (κ3) is 11.4. The van der Waals surface area contributed by atoms with Crippen LogP contribution in [0.5, 0.6) is 0 Å². The number of amides is 5. The lowest BCUT2D eigenvalue weighted by Crippen LogP contribution is -2.58. The van der Waals surface area contributed by atoms with E-state index in [4.69, 9.17) is 23.9 Å². The van der Waals surface area contributed by atoms with Crippen molar-refractivity contribution in [2.45, 2.75) is 69.8 Å². The zero-order chi connectivity index (χ0) is 48.4. The SMILES string of the molecule is COC(=O)NC(C(=O)N1CCN(C(=O)OC)CC1c1ncc(-c2ccc(C#Cc3ccc(-c4cnc(C5CCCN5C(=O)C(NC(=O)OC5CCOCC5)c5ccccc5)[nH]4)cc3)cc2)[nH]1)C(C)C. The quantitative estimate of drug-likeness (QED) is 0.0828. The lowest BCUT2D eigenvalue weighted by atomic mass is 10.0. The Balaban J connectivity index is 0.911. The van der Waals surface area contributed by atoms with Crippen LogP contribution >= 0.6 is 0 Å². The summed E-state index contributed by atoms with van der Waals surface area (Å²) in [5.41, 5.74) is 5.56. The predicted molar refractivity (Wildman–Crippen MR) is 253 cm³/mol. The highest BCUT2D eigenvalue weighted by Crippen LogP contribution is 2.35. The Bertz CT molecular complexity index is 2650. The van der Waals surface area contributed by atoms with Gasteiger partial charge in [-0.2, -0.15) is 0 Å². The highest BCUT2D eigenvalue weighted by molar-refractivity contribution is 5.88. The number of likely N-dealkylation sites (tertiary alicyclic amines) is 1. The number of nitrogens with one attached hydrogen (secondary N) is 4. The first-order chi connectivity index (χ1) is 33.5. The maximum atomic E-state index is 14.2. The number of rotatable bonds is 11. The number of carbonyl (C=O) groups is 5. The van der Waals surface area contributed by atoms with Gasteiger partial charge >= 0.3 is 18.3 Å². The van der Waals surface area contributed by atoms with Crippen molar-refractivity contribution in [1.29, 1.82) is 0 Å². The first-order valence-corrected chi connectivity index (χ1v) is 23.2. The topological polar surface area (TPSA) is 213 Å². The molecule has 0 saturated carbocycles. The number of carbonyl (C=O) groups excluding carboxylic acids is 5. The lowest BCUT2D eigenvalue weighted by molar-refractivity contribution is -0.139. The van der Waals surface area contributed by atoms with Gasteiger partial charge in [0.2, 0.25) is 5.91 Å². The Hall–Kier alpha value is -7.65. The Labute approximate surface area is 400 Å². The number of ether oxygens (including phenoxy) is 4. The second kappa shape index (κ2) is 22.0. The Kier molecular flexibility index (Phi) is 15.2. The van der Waals surface area contributed by atoms with E-state index >= 15 is 0 Å². The molecular formula is C51H57N9O9. The molecule has 4 N–H and O–H groups in total. The van der Waals surface area contributed by atoms with Gasteiger partial charge in [0.05, 0.1) is 63.8 Å². The van der Waals surface area contributed by atoms with Crippen LogP contribution in [0, 0.1) is 17.8 Å². The lowest BCUT2D eigenvalue weighted by Gasteiger charge is -2.41. The van der Waals surface area contributed by atoms with Crippen LogP contribution < -0.4 is 10.6 Å². The number of methoxy groups -OCH3 is 2. The number of hydrogen-bond donors (Lipinski definition) is 4. The van der Waals surface area contributed by atoms with Crippen LogP contribution in [0.4, 0.5) is 14.4 Å². The largest absolute Gasteiger partial charge is 0.453 e. The highest BCUT2D eigenvalue weighted by atomic mass is 16.6. The van der Waals surface area contributed by atoms with Gasteiger partial charge < -0.3 is 54.2 Å². The van der Waals surface area contributed by atoms with Crippen LogP contribution in [0.1, 0.15) is 86.0 Å². The minimum atomic E-state index is -0.922. The normalized spacial score (nSPS) is 18.1. The third-order valence-electron chi connectivity index (χ3n) is 12.7. The van der Waals surface area contributed by atoms with Gasteiger partial charge in [-0.05, 0) is 59.7 Å². The molecule has 5 heterocycles. The van der Waals surface area contributed by atoms with E-state index in [-0.39, 0.29) is 49.5 Å². The van der Waals surface area contributed by atoms with Gasteiger partial charge in [0.1, 0.15) is 35.9 Å². The smallest absolute Gasteiger partial charge is 0.409 e. The zero-order valence-electron chi connectivity index (χ0n) is 39.1. The molecule has 3 aliphatic rings. The number of aromatic amines is 2. The summed E-state index contributed by atoms with van der Waals surface area (Å²) in [5.74, 6) is 6.86. The number of alkyl carbamates (subject to hydrolysis) is 2. The average molecular weight is 940 g/mol. The molecule has 18 heteroatoms. The van der Waals surface area contributed by atoms with Gasteiger partial charge in [0.15, 0.2) is 0 Å². The number of H-pyrrole nitrogens is 2. The van der Waals surface area contributed by atoms with Gasteiger partial charge in [-0.3, -0.25) is 9.59 Å². The van der Waals surface area contributed by atoms with E-state index in [2.05, 4.69) is 37.4 Å². The Morgan fingerprint density at radius 1 is 0.696 bits per heavy atom. The van der Waals surface area contributed by atoms with Gasteiger partial charge in [0.25, 0.3) is 5.91 Å². The summed E-state index contributed by atoms with van der Waals surface area (Å²) in [4.78, 5) is 87.0. The second-order valence-electron chi connectivity index (χ2n) is 17.5. The fraction of sp³-hybridized carbons (Fsp3) is 0.392. The fourth-order valence-electron chi connectivity index (χ4n) is 8.88. The van der Waals surface area contributed by atoms with E-state index in [1.54, 1.807) is 22.2 Å². The molecule has 3 aromatic carbocycles. The summed E-state index contributed by atoms with van der Waals surface area (Å²) in [7, 11) is 2.56. The molecule has 3 aliphatic heterocycles. The number of hydrogen-bond acceptors (Lipinski definition) is 11. The molecule has 4 unspecified atom stereocenters. The number of benzene rings is 3. The molecule has 360 valence electrons. The minimum absolute atomic E-state index is 0.141. The van der Waals surface area contributed by atoms with E-state index in [1.165, 1.54) is 19.1 Å². The van der Waals surface area contributed by atoms with E-state index in [9.17, 15) is 24.0 Å². The van der Waals surface area contributed by atoms with Crippen LogP contribution in [0.3, 0.4) is 0 Å². The van der Waals surface area contributed by atoms with E-state index < -0.39 is 36.4 Å². The zero-order valence-corrected chi connectivity index (χ0v) is 39.1. The predicted octanol–water partition coefficient (Wildman–Crippen LogP) is 6.51. The van der Waals surface area contributed by atoms with Crippen LogP contribution in [0.25, 0.3) is 22.5 Å². The van der Waals surface area contributed by atoms with E-state index in [0.717, 1.165) is 40.8 Å². The molecule has 69 heavy (non-hydrogen) atoms. The molecule has 0 bridgehead atoms. The van der Waals surface area contributed by atoms with Crippen molar-refractivity contribution >= 4 is 30.1 Å². The summed E-state index contributed by atoms with van der Waals surface area (Å²) in [6.07, 6.45) is 4.11. The van der Waals surface area contributed by atoms with Crippen LogP contribution in [0.15, 0.2) is 91.3 Å². The Morgan fingerprint density at radius 3 is 1.87 bits per heavy atom. The van der Waals surface area contributed by atoms with Crippen LogP contribution in [0.2, 0.25) is 0 Å². The van der Waals surface area contributed by atoms with Crippen molar-refractivity contribution in [3.05, 3.63) is 120 Å². The van der Waals surface area contributed by atoms with E-state index in [1.807, 2.05) is 92.7 Å². The maximum Gasteiger partial charge on any atom is 0.409 e. The Morgan fingerprint density at radius 2 is 1.29 bits per heavy atom. The van der Waals surface area contributed by atoms with Crippen molar-refractivity contribution in [3.63, 3.8) is 0 Å². The van der Waals surface area contributed by atoms with Crippen LogP contribution in [-0.4, -0.2) is 130 Å². The molecule has 18 nitrogen and oxygen atoms in total. The number of imidazole rings is 2. The summed E-state index contributed by atoms with van der Waals surface area (Å²) in [6.45, 7) is 5.86. The summed E-state index contributed by atoms with van der Waals surface area (Å²) in [5, 5.41) is 5.51. The molecule has 5 aromatic rings. The summed E-state index contributed by atoms with van der Waals surface area (Å²) in [6, 6.07) is 22.0. The summed E-state index contributed by atoms with van der Waals surface area (Å²) >= 11 is 0. The highest BCUT2D eigenvalue weighted by Gasteiger charge is 2.40. The average Bonchev–Trinajstić information content (AvgIpc) is 4.19. The van der Waals surface area contributed by atoms with E-state index in [0.29, 0.717) is 55.5 Å². The first-order valence-electron chi connectivity index (χ1n) is 23.2. The molecule has 0 radical (unpaired) electrons. The third-order valence-corrected chi connectivity index (χ3v) is 12.7. The second-order valence-corrected chi connectivity index (χ2v) is 17.5. The molecule has 2 aromatic heterocycles. The summed E-state index contributed by atoms with van der Waals surface area (Å²) < 4.78 is 20.8. The number of piperazine rings is 1. The fourth-order valence-corrected chi connectivity index (χ4v) is 8.88. The van der Waals surface area contributed by atoms with Crippen molar-refractivity contribution in [1.82, 2.24) is 45.3 Å². The van der Waals surface area contributed by atoms with Crippen molar-refractivity contribution < 1.29 is 42.9 Å². The molecule has 0 spiro atoms. The minimum Gasteiger partial charge on any atom is -0.453 e. The monoisotopic (exact) mass is 939 g/mol. The maximum absolute atomic E-state index is 14.2. The molecule has 0 aliphatic carbocycles. The van der Waals surface area contributed by atoms with Crippen molar-refractivity contribution in [3.8, 4) is 34.4 Å². The molecule has 3 saturated heterocycles. The van der Waals surface area contributed by atoms with Crippen molar-refractivity contribution in [2.24, 2.45) is 5.92 Å².